The number of hydrogen-bond donors (Lipinski definition) is 1. The van der Waals surface area contributed by atoms with Gasteiger partial charge in [-0.2, -0.15) is 11.3 Å². The Hall–Kier alpha value is -1.85. The molecule has 0 spiro atoms. The second-order valence-corrected chi connectivity index (χ2v) is 6.05. The Balaban J connectivity index is 1.79. The molecule has 1 heterocycles. The number of hydrogen-bond acceptors (Lipinski definition) is 4. The number of thiophene rings is 1. The van der Waals surface area contributed by atoms with Crippen LogP contribution in [0, 0.1) is 0 Å². The summed E-state index contributed by atoms with van der Waals surface area (Å²) in [5, 5.41) is 7.03. The van der Waals surface area contributed by atoms with E-state index in [2.05, 4.69) is 5.32 Å². The number of carbonyl (C=O) groups is 2. The fourth-order valence-corrected chi connectivity index (χ4v) is 2.70. The minimum atomic E-state index is -0.690. The van der Waals surface area contributed by atoms with Crippen LogP contribution in [0.5, 0.6) is 0 Å². The van der Waals surface area contributed by atoms with Crippen molar-refractivity contribution in [1.82, 2.24) is 5.32 Å². The van der Waals surface area contributed by atoms with E-state index in [1.807, 2.05) is 22.9 Å². The molecule has 0 bridgehead atoms. The van der Waals surface area contributed by atoms with Crippen molar-refractivity contribution in [3.63, 3.8) is 0 Å². The molecule has 22 heavy (non-hydrogen) atoms. The number of halogens is 1. The van der Waals surface area contributed by atoms with E-state index in [0.717, 1.165) is 11.1 Å². The van der Waals surface area contributed by atoms with Crippen molar-refractivity contribution in [1.29, 1.82) is 0 Å². The molecule has 0 unspecified atom stereocenters. The summed E-state index contributed by atoms with van der Waals surface area (Å²) in [7, 11) is 0. The first kappa shape index (κ1) is 16.5. The molecule has 0 aliphatic carbocycles. The minimum absolute atomic E-state index is 0.169. The van der Waals surface area contributed by atoms with E-state index >= 15 is 0 Å². The maximum absolute atomic E-state index is 11.9. The first-order valence-electron chi connectivity index (χ1n) is 6.76. The van der Waals surface area contributed by atoms with Gasteiger partial charge in [0.15, 0.2) is 0 Å². The summed E-state index contributed by atoms with van der Waals surface area (Å²) in [6.45, 7) is 1.82. The van der Waals surface area contributed by atoms with Gasteiger partial charge in [-0.15, -0.1) is 0 Å². The third kappa shape index (κ3) is 5.16. The van der Waals surface area contributed by atoms with E-state index in [9.17, 15) is 9.59 Å². The number of amides is 1. The van der Waals surface area contributed by atoms with Gasteiger partial charge in [0.1, 0.15) is 12.6 Å². The summed E-state index contributed by atoms with van der Waals surface area (Å²) in [6, 6.07) is 8.26. The monoisotopic (exact) mass is 337 g/mol. The predicted octanol–water partition coefficient (Wildman–Crippen LogP) is 3.19. The normalized spacial score (nSPS) is 11.7. The molecule has 1 atom stereocenters. The van der Waals surface area contributed by atoms with Crippen LogP contribution in [0.4, 0.5) is 0 Å². The highest BCUT2D eigenvalue weighted by Gasteiger charge is 2.17. The zero-order valence-electron chi connectivity index (χ0n) is 12.0. The smallest absolute Gasteiger partial charge is 0.328 e. The van der Waals surface area contributed by atoms with Crippen LogP contribution in [0.3, 0.4) is 0 Å². The van der Waals surface area contributed by atoms with Crippen LogP contribution in [0.15, 0.2) is 41.1 Å². The molecule has 1 amide bonds. The van der Waals surface area contributed by atoms with Gasteiger partial charge < -0.3 is 10.1 Å². The van der Waals surface area contributed by atoms with Crippen molar-refractivity contribution in [3.05, 3.63) is 57.2 Å². The van der Waals surface area contributed by atoms with Crippen LogP contribution in [-0.4, -0.2) is 17.9 Å². The molecule has 2 rings (SSSR count). The van der Waals surface area contributed by atoms with E-state index in [4.69, 9.17) is 16.3 Å². The number of esters is 1. The first-order valence-corrected chi connectivity index (χ1v) is 8.08. The van der Waals surface area contributed by atoms with Crippen molar-refractivity contribution in [2.45, 2.75) is 26.0 Å². The predicted molar refractivity (Wildman–Crippen MR) is 86.9 cm³/mol. The molecule has 0 fully saturated rings. The summed E-state index contributed by atoms with van der Waals surface area (Å²) in [4.78, 5) is 23.7. The lowest BCUT2D eigenvalue weighted by molar-refractivity contribution is -0.148. The van der Waals surface area contributed by atoms with E-state index in [0.29, 0.717) is 5.02 Å². The zero-order chi connectivity index (χ0) is 15.9. The van der Waals surface area contributed by atoms with Crippen LogP contribution < -0.4 is 5.32 Å². The lowest BCUT2D eigenvalue weighted by Gasteiger charge is -2.13. The third-order valence-corrected chi connectivity index (χ3v) is 3.91. The van der Waals surface area contributed by atoms with Gasteiger partial charge in [0.25, 0.3) is 0 Å². The molecule has 1 aromatic heterocycles. The molecule has 6 heteroatoms. The van der Waals surface area contributed by atoms with E-state index in [-0.39, 0.29) is 18.9 Å². The summed E-state index contributed by atoms with van der Waals surface area (Å²) < 4.78 is 5.15. The standard InChI is InChI=1S/C16H16ClNO3S/c1-11(16(20)21-9-13-5-6-22-10-13)18-15(19)8-12-3-2-4-14(17)7-12/h2-7,10-11H,8-9H2,1H3,(H,18,19)/t11-/m0/s1. The van der Waals surface area contributed by atoms with Gasteiger partial charge in [-0.3, -0.25) is 4.79 Å². The summed E-state index contributed by atoms with van der Waals surface area (Å²) in [5.74, 6) is -0.701. The summed E-state index contributed by atoms with van der Waals surface area (Å²) >= 11 is 7.41. The third-order valence-electron chi connectivity index (χ3n) is 2.95. The number of ether oxygens (including phenoxy) is 1. The van der Waals surface area contributed by atoms with Crippen molar-refractivity contribution in [2.24, 2.45) is 0 Å². The van der Waals surface area contributed by atoms with E-state index in [1.165, 1.54) is 0 Å². The summed E-state index contributed by atoms with van der Waals surface area (Å²) in [6.07, 6.45) is 0.169. The van der Waals surface area contributed by atoms with Gasteiger partial charge in [-0.25, -0.2) is 4.79 Å². The van der Waals surface area contributed by atoms with Gasteiger partial charge >= 0.3 is 5.97 Å². The number of benzene rings is 1. The largest absolute Gasteiger partial charge is 0.459 e. The molecule has 2 aromatic rings. The fourth-order valence-electron chi connectivity index (χ4n) is 1.84. The minimum Gasteiger partial charge on any atom is -0.459 e. The molecule has 4 nitrogen and oxygen atoms in total. The van der Waals surface area contributed by atoms with Crippen LogP contribution in [0.1, 0.15) is 18.1 Å². The van der Waals surface area contributed by atoms with Crippen LogP contribution >= 0.6 is 22.9 Å². The Morgan fingerprint density at radius 3 is 2.82 bits per heavy atom. The topological polar surface area (TPSA) is 55.4 Å². The molecule has 0 radical (unpaired) electrons. The molecule has 1 N–H and O–H groups in total. The quantitative estimate of drug-likeness (QED) is 0.824. The van der Waals surface area contributed by atoms with Crippen molar-refractivity contribution in [3.8, 4) is 0 Å². The Bertz CT molecular complexity index is 643. The van der Waals surface area contributed by atoms with Gasteiger partial charge in [-0.1, -0.05) is 23.7 Å². The highest BCUT2D eigenvalue weighted by atomic mass is 35.5. The van der Waals surface area contributed by atoms with Gasteiger partial charge in [0.2, 0.25) is 5.91 Å². The molecular weight excluding hydrogens is 322 g/mol. The lowest BCUT2D eigenvalue weighted by atomic mass is 10.1. The number of nitrogens with one attached hydrogen (secondary N) is 1. The Kier molecular flexibility index (Phi) is 5.98. The molecule has 0 aliphatic rings. The Morgan fingerprint density at radius 2 is 2.14 bits per heavy atom. The maximum Gasteiger partial charge on any atom is 0.328 e. The summed E-state index contributed by atoms with van der Waals surface area (Å²) in [5.41, 5.74) is 1.74. The highest BCUT2D eigenvalue weighted by Crippen LogP contribution is 2.11. The SMILES string of the molecule is C[C@H](NC(=O)Cc1cccc(Cl)c1)C(=O)OCc1ccsc1. The second kappa shape index (κ2) is 7.96. The van der Waals surface area contributed by atoms with Crippen LogP contribution in [0.2, 0.25) is 5.02 Å². The zero-order valence-corrected chi connectivity index (χ0v) is 13.6. The maximum atomic E-state index is 11.9. The highest BCUT2D eigenvalue weighted by molar-refractivity contribution is 7.07. The van der Waals surface area contributed by atoms with Gasteiger partial charge in [0, 0.05) is 10.6 Å². The van der Waals surface area contributed by atoms with E-state index < -0.39 is 12.0 Å². The fraction of sp³-hybridized carbons (Fsp3) is 0.250. The van der Waals surface area contributed by atoms with Crippen molar-refractivity contribution >= 4 is 34.8 Å². The lowest BCUT2D eigenvalue weighted by Crippen LogP contribution is -2.40. The van der Waals surface area contributed by atoms with E-state index in [1.54, 1.807) is 36.5 Å². The Morgan fingerprint density at radius 1 is 1.32 bits per heavy atom. The molecule has 116 valence electrons. The number of carbonyl (C=O) groups excluding carboxylic acids is 2. The average Bonchev–Trinajstić information content (AvgIpc) is 2.97. The molecule has 0 aliphatic heterocycles. The average molecular weight is 338 g/mol. The van der Waals surface area contributed by atoms with Crippen molar-refractivity contribution in [2.75, 3.05) is 0 Å². The molecule has 0 saturated heterocycles. The van der Waals surface area contributed by atoms with Gasteiger partial charge in [0.05, 0.1) is 6.42 Å². The molecular formula is C16H16ClNO3S. The Labute approximate surface area is 138 Å². The van der Waals surface area contributed by atoms with Crippen LogP contribution in [0.25, 0.3) is 0 Å². The molecule has 1 aromatic carbocycles. The first-order chi connectivity index (χ1) is 10.5. The second-order valence-electron chi connectivity index (χ2n) is 4.84. The van der Waals surface area contributed by atoms with Crippen molar-refractivity contribution < 1.29 is 14.3 Å². The van der Waals surface area contributed by atoms with Crippen LogP contribution in [-0.2, 0) is 27.4 Å². The van der Waals surface area contributed by atoms with Gasteiger partial charge in [-0.05, 0) is 41.4 Å². The molecule has 0 saturated carbocycles. The number of rotatable bonds is 6.